The zero-order chi connectivity index (χ0) is 25.7. The van der Waals surface area contributed by atoms with E-state index in [9.17, 15) is 25.0 Å². The number of pyridine rings is 1. The first-order valence-electron chi connectivity index (χ1n) is 10.4. The lowest BCUT2D eigenvalue weighted by atomic mass is 10.1. The van der Waals surface area contributed by atoms with Gasteiger partial charge in [0.15, 0.2) is 0 Å². The van der Waals surface area contributed by atoms with E-state index in [1.165, 1.54) is 0 Å². The van der Waals surface area contributed by atoms with E-state index in [1.807, 2.05) is 18.2 Å². The molecule has 0 radical (unpaired) electrons. The van der Waals surface area contributed by atoms with E-state index in [2.05, 4.69) is 30.9 Å². The predicted molar refractivity (Wildman–Crippen MR) is 132 cm³/mol. The number of nitro benzene ring substituents is 2. The fourth-order valence-corrected chi connectivity index (χ4v) is 3.19. The first-order chi connectivity index (χ1) is 17.3. The van der Waals surface area contributed by atoms with Gasteiger partial charge in [0.1, 0.15) is 23.3 Å². The van der Waals surface area contributed by atoms with Crippen LogP contribution >= 0.6 is 0 Å². The molecule has 36 heavy (non-hydrogen) atoms. The molecule has 13 nitrogen and oxygen atoms in total. The average molecular weight is 486 g/mol. The molecule has 180 valence electrons. The normalized spacial score (nSPS) is 10.4. The molecule has 2 heterocycles. The molecule has 0 aliphatic heterocycles. The van der Waals surface area contributed by atoms with Gasteiger partial charge < -0.3 is 16.0 Å². The molecule has 0 bridgehead atoms. The zero-order valence-electron chi connectivity index (χ0n) is 18.7. The molecule has 0 aliphatic carbocycles. The highest BCUT2D eigenvalue weighted by molar-refractivity contribution is 6.05. The van der Waals surface area contributed by atoms with Gasteiger partial charge in [0, 0.05) is 35.8 Å². The van der Waals surface area contributed by atoms with Crippen molar-refractivity contribution in [1.82, 2.24) is 15.0 Å². The summed E-state index contributed by atoms with van der Waals surface area (Å²) in [5.41, 5.74) is -0.253. The number of anilines is 5. The van der Waals surface area contributed by atoms with E-state index in [0.717, 1.165) is 18.2 Å². The monoisotopic (exact) mass is 486 g/mol. The summed E-state index contributed by atoms with van der Waals surface area (Å²) >= 11 is 0. The lowest BCUT2D eigenvalue weighted by molar-refractivity contribution is -0.394. The second-order valence-corrected chi connectivity index (χ2v) is 7.43. The van der Waals surface area contributed by atoms with Crippen molar-refractivity contribution < 1.29 is 14.6 Å². The van der Waals surface area contributed by atoms with Crippen molar-refractivity contribution in [2.75, 3.05) is 16.0 Å². The van der Waals surface area contributed by atoms with Crippen LogP contribution in [0.4, 0.5) is 40.2 Å². The average Bonchev–Trinajstić information content (AvgIpc) is 2.85. The van der Waals surface area contributed by atoms with Crippen LogP contribution in [-0.4, -0.2) is 30.7 Å². The quantitative estimate of drug-likeness (QED) is 0.233. The molecule has 2 aromatic heterocycles. The van der Waals surface area contributed by atoms with Gasteiger partial charge in [-0.1, -0.05) is 6.07 Å². The number of carbonyl (C=O) groups is 1. The van der Waals surface area contributed by atoms with Gasteiger partial charge in [-0.25, -0.2) is 15.0 Å². The van der Waals surface area contributed by atoms with Crippen LogP contribution in [-0.2, 0) is 0 Å². The van der Waals surface area contributed by atoms with E-state index in [1.54, 1.807) is 43.5 Å². The molecule has 0 atom stereocenters. The van der Waals surface area contributed by atoms with E-state index in [4.69, 9.17) is 0 Å². The van der Waals surface area contributed by atoms with Crippen LogP contribution in [0.3, 0.4) is 0 Å². The number of aromatic nitrogens is 3. The van der Waals surface area contributed by atoms with Crippen molar-refractivity contribution in [3.05, 3.63) is 105 Å². The first kappa shape index (κ1) is 23.7. The third kappa shape index (κ3) is 5.91. The van der Waals surface area contributed by atoms with Gasteiger partial charge >= 0.3 is 0 Å². The molecular weight excluding hydrogens is 468 g/mol. The van der Waals surface area contributed by atoms with Crippen LogP contribution in [0.25, 0.3) is 0 Å². The number of nitro groups is 2. The Morgan fingerprint density at radius 1 is 0.778 bits per heavy atom. The van der Waals surface area contributed by atoms with Crippen LogP contribution in [0.15, 0.2) is 72.9 Å². The summed E-state index contributed by atoms with van der Waals surface area (Å²) < 4.78 is 0. The maximum absolute atomic E-state index is 12.6. The highest BCUT2D eigenvalue weighted by atomic mass is 16.6. The standard InChI is InChI=1S/C23H18N8O5/c1-14-25-21(13-22(26-14)29-20-4-2-3-9-24-20)27-16-5-7-17(8-6-16)28-23(32)15-10-18(30(33)34)12-19(11-15)31(35)36/h2-13H,1H3,(H,28,32)(H2,24,25,26,27,29). The van der Waals surface area contributed by atoms with Crippen LogP contribution in [0, 0.1) is 27.2 Å². The smallest absolute Gasteiger partial charge is 0.277 e. The maximum atomic E-state index is 12.6. The summed E-state index contributed by atoms with van der Waals surface area (Å²) in [7, 11) is 0. The molecule has 0 saturated heterocycles. The van der Waals surface area contributed by atoms with Crippen LogP contribution in [0.1, 0.15) is 16.2 Å². The van der Waals surface area contributed by atoms with E-state index in [0.29, 0.717) is 34.7 Å². The SMILES string of the molecule is Cc1nc(Nc2ccc(NC(=O)c3cc([N+](=O)[O-])cc([N+](=O)[O-])c3)cc2)cc(Nc2ccccn2)n1. The number of carbonyl (C=O) groups excluding carboxylic acids is 1. The largest absolute Gasteiger partial charge is 0.340 e. The Kier molecular flexibility index (Phi) is 6.72. The Hall–Kier alpha value is -5.46. The second kappa shape index (κ2) is 10.2. The predicted octanol–water partition coefficient (Wildman–Crippen LogP) is 4.74. The molecule has 0 aliphatic rings. The topological polar surface area (TPSA) is 178 Å². The Bertz CT molecular complexity index is 1410. The number of nitrogens with one attached hydrogen (secondary N) is 3. The summed E-state index contributed by atoms with van der Waals surface area (Å²) in [6.07, 6.45) is 1.66. The van der Waals surface area contributed by atoms with Crippen molar-refractivity contribution in [2.24, 2.45) is 0 Å². The Morgan fingerprint density at radius 2 is 1.39 bits per heavy atom. The number of non-ortho nitro benzene ring substituents is 2. The molecule has 0 spiro atoms. The number of aryl methyl sites for hydroxylation is 1. The molecule has 13 heteroatoms. The molecule has 0 saturated carbocycles. The van der Waals surface area contributed by atoms with Crippen molar-refractivity contribution in [3.8, 4) is 0 Å². The van der Waals surface area contributed by atoms with Gasteiger partial charge in [-0.2, -0.15) is 0 Å². The third-order valence-electron chi connectivity index (χ3n) is 4.76. The summed E-state index contributed by atoms with van der Waals surface area (Å²) in [5.74, 6) is 1.53. The van der Waals surface area contributed by atoms with Gasteiger partial charge in [0.05, 0.1) is 21.5 Å². The Morgan fingerprint density at radius 3 is 1.97 bits per heavy atom. The van der Waals surface area contributed by atoms with E-state index >= 15 is 0 Å². The minimum atomic E-state index is -0.795. The number of benzene rings is 2. The second-order valence-electron chi connectivity index (χ2n) is 7.43. The zero-order valence-corrected chi connectivity index (χ0v) is 18.7. The number of hydrogen-bond acceptors (Lipinski definition) is 10. The Balaban J connectivity index is 1.46. The fraction of sp³-hybridized carbons (Fsp3) is 0.0435. The number of amides is 1. The van der Waals surface area contributed by atoms with Gasteiger partial charge in [-0.15, -0.1) is 0 Å². The summed E-state index contributed by atoms with van der Waals surface area (Å²) in [6.45, 7) is 1.76. The van der Waals surface area contributed by atoms with Gasteiger partial charge in [-0.3, -0.25) is 25.0 Å². The Labute approximate surface area is 203 Å². The number of nitrogens with zero attached hydrogens (tertiary/aromatic N) is 5. The van der Waals surface area contributed by atoms with Crippen molar-refractivity contribution in [1.29, 1.82) is 0 Å². The lowest BCUT2D eigenvalue weighted by Crippen LogP contribution is -2.12. The number of hydrogen-bond donors (Lipinski definition) is 3. The third-order valence-corrected chi connectivity index (χ3v) is 4.76. The van der Waals surface area contributed by atoms with Crippen molar-refractivity contribution in [3.63, 3.8) is 0 Å². The van der Waals surface area contributed by atoms with Gasteiger partial charge in [0.2, 0.25) is 0 Å². The molecule has 1 amide bonds. The van der Waals surface area contributed by atoms with Crippen molar-refractivity contribution in [2.45, 2.75) is 6.92 Å². The maximum Gasteiger partial charge on any atom is 0.277 e. The summed E-state index contributed by atoms with van der Waals surface area (Å²) in [5, 5.41) is 30.9. The molecule has 0 fully saturated rings. The highest BCUT2D eigenvalue weighted by Crippen LogP contribution is 2.25. The highest BCUT2D eigenvalue weighted by Gasteiger charge is 2.20. The minimum absolute atomic E-state index is 0.206. The van der Waals surface area contributed by atoms with E-state index < -0.39 is 27.1 Å². The first-order valence-corrected chi connectivity index (χ1v) is 10.4. The number of rotatable bonds is 8. The van der Waals surface area contributed by atoms with Gasteiger partial charge in [-0.05, 0) is 43.3 Å². The van der Waals surface area contributed by atoms with Crippen molar-refractivity contribution >= 4 is 46.1 Å². The molecule has 2 aromatic carbocycles. The van der Waals surface area contributed by atoms with Gasteiger partial charge in [0.25, 0.3) is 17.3 Å². The molecule has 4 rings (SSSR count). The molecule has 0 unspecified atom stereocenters. The summed E-state index contributed by atoms with van der Waals surface area (Å²) in [6, 6.07) is 16.5. The molecule has 4 aromatic rings. The lowest BCUT2D eigenvalue weighted by Gasteiger charge is -2.11. The fourth-order valence-electron chi connectivity index (χ4n) is 3.19. The van der Waals surface area contributed by atoms with E-state index in [-0.39, 0.29) is 5.56 Å². The molecule has 3 N–H and O–H groups in total. The van der Waals surface area contributed by atoms with Crippen LogP contribution < -0.4 is 16.0 Å². The minimum Gasteiger partial charge on any atom is -0.340 e. The summed E-state index contributed by atoms with van der Waals surface area (Å²) in [4.78, 5) is 46.0. The van der Waals surface area contributed by atoms with Crippen LogP contribution in [0.5, 0.6) is 0 Å². The molecular formula is C23H18N8O5. The van der Waals surface area contributed by atoms with Crippen LogP contribution in [0.2, 0.25) is 0 Å².